The maximum absolute atomic E-state index is 5.64. The van der Waals surface area contributed by atoms with E-state index in [1.165, 1.54) is 0 Å². The molecule has 5 nitrogen and oxygen atoms in total. The highest BCUT2D eigenvalue weighted by atomic mass is 79.9. The van der Waals surface area contributed by atoms with E-state index < -0.39 is 0 Å². The van der Waals surface area contributed by atoms with Gasteiger partial charge >= 0.3 is 0 Å². The fraction of sp³-hybridized carbons (Fsp3) is 0.636. The van der Waals surface area contributed by atoms with Gasteiger partial charge in [-0.3, -0.25) is 0 Å². The highest BCUT2D eigenvalue weighted by Gasteiger charge is 2.20. The van der Waals surface area contributed by atoms with E-state index in [-0.39, 0.29) is 0 Å². The summed E-state index contributed by atoms with van der Waals surface area (Å²) >= 11 is 3.33. The Morgan fingerprint density at radius 3 is 2.59 bits per heavy atom. The van der Waals surface area contributed by atoms with Gasteiger partial charge in [-0.2, -0.15) is 0 Å². The molecule has 0 aliphatic carbocycles. The number of ether oxygens (including phenoxy) is 1. The molecular formula is C11H17BrN4O. The minimum absolute atomic E-state index is 0.338. The van der Waals surface area contributed by atoms with Crippen molar-refractivity contribution in [3.05, 3.63) is 16.9 Å². The fourth-order valence-electron chi connectivity index (χ4n) is 1.93. The number of anilines is 1. The second-order valence-electron chi connectivity index (χ2n) is 4.05. The number of nitrogens with zero attached hydrogens (tertiary/aromatic N) is 3. The third-order valence-electron chi connectivity index (χ3n) is 2.80. The van der Waals surface area contributed by atoms with Crippen LogP contribution in [0.15, 0.2) is 16.9 Å². The molecule has 1 aliphatic rings. The average Bonchev–Trinajstić information content (AvgIpc) is 2.38. The summed E-state index contributed by atoms with van der Waals surface area (Å²) in [4.78, 5) is 10.8. The van der Waals surface area contributed by atoms with Gasteiger partial charge in [-0.25, -0.2) is 9.97 Å². The van der Waals surface area contributed by atoms with Crippen molar-refractivity contribution in [3.63, 3.8) is 0 Å². The summed E-state index contributed by atoms with van der Waals surface area (Å²) in [6, 6.07) is 0. The molecule has 0 unspecified atom stereocenters. The normalized spacial score (nSPS) is 17.4. The number of piperidine rings is 1. The molecule has 1 aliphatic heterocycles. The first-order chi connectivity index (χ1) is 8.29. The van der Waals surface area contributed by atoms with Crippen LogP contribution >= 0.6 is 15.9 Å². The van der Waals surface area contributed by atoms with Crippen molar-refractivity contribution in [2.75, 3.05) is 31.1 Å². The SMILES string of the molecule is NCCOC1CCN(c2ncc(Br)cn2)CC1. The third-order valence-corrected chi connectivity index (χ3v) is 3.21. The molecule has 0 bridgehead atoms. The average molecular weight is 301 g/mol. The molecule has 2 N–H and O–H groups in total. The summed E-state index contributed by atoms with van der Waals surface area (Å²) in [5, 5.41) is 0. The van der Waals surface area contributed by atoms with Gasteiger partial charge in [0.05, 0.1) is 17.2 Å². The lowest BCUT2D eigenvalue weighted by molar-refractivity contribution is 0.0420. The van der Waals surface area contributed by atoms with Crippen molar-refractivity contribution in [2.45, 2.75) is 18.9 Å². The van der Waals surface area contributed by atoms with Crippen LogP contribution in [-0.2, 0) is 4.74 Å². The first-order valence-corrected chi connectivity index (χ1v) is 6.63. The van der Waals surface area contributed by atoms with Gasteiger partial charge in [0.2, 0.25) is 5.95 Å². The zero-order chi connectivity index (χ0) is 12.1. The lowest BCUT2D eigenvalue weighted by Gasteiger charge is -2.31. The zero-order valence-electron chi connectivity index (χ0n) is 9.68. The van der Waals surface area contributed by atoms with Crippen LogP contribution in [0.1, 0.15) is 12.8 Å². The summed E-state index contributed by atoms with van der Waals surface area (Å²) in [6.07, 6.45) is 5.92. The van der Waals surface area contributed by atoms with Gasteiger partial charge in [0.1, 0.15) is 0 Å². The molecule has 1 saturated heterocycles. The van der Waals surface area contributed by atoms with Crippen LogP contribution in [-0.4, -0.2) is 42.3 Å². The Balaban J connectivity index is 1.84. The molecule has 0 saturated carbocycles. The second kappa shape index (κ2) is 6.28. The van der Waals surface area contributed by atoms with Gasteiger partial charge in [0, 0.05) is 32.0 Å². The lowest BCUT2D eigenvalue weighted by atomic mass is 10.1. The van der Waals surface area contributed by atoms with E-state index in [1.54, 1.807) is 12.4 Å². The third kappa shape index (κ3) is 3.62. The van der Waals surface area contributed by atoms with Crippen LogP contribution in [0.25, 0.3) is 0 Å². The molecule has 0 aromatic carbocycles. The highest BCUT2D eigenvalue weighted by Crippen LogP contribution is 2.18. The maximum atomic E-state index is 5.64. The van der Waals surface area contributed by atoms with Gasteiger partial charge in [-0.15, -0.1) is 0 Å². The Bertz CT molecular complexity index is 338. The molecule has 1 fully saturated rings. The largest absolute Gasteiger partial charge is 0.377 e. The Morgan fingerprint density at radius 1 is 1.35 bits per heavy atom. The molecule has 94 valence electrons. The predicted octanol–water partition coefficient (Wildman–Crippen LogP) is 1.18. The fourth-order valence-corrected chi connectivity index (χ4v) is 2.13. The van der Waals surface area contributed by atoms with Crippen LogP contribution in [0.5, 0.6) is 0 Å². The summed E-state index contributed by atoms with van der Waals surface area (Å²) in [7, 11) is 0. The topological polar surface area (TPSA) is 64.3 Å². The van der Waals surface area contributed by atoms with Crippen molar-refractivity contribution < 1.29 is 4.74 Å². The second-order valence-corrected chi connectivity index (χ2v) is 4.96. The number of nitrogens with two attached hydrogens (primary N) is 1. The van der Waals surface area contributed by atoms with Gasteiger partial charge in [-0.05, 0) is 28.8 Å². The first-order valence-electron chi connectivity index (χ1n) is 5.84. The molecule has 0 radical (unpaired) electrons. The molecule has 1 aromatic rings. The van der Waals surface area contributed by atoms with E-state index in [2.05, 4.69) is 30.8 Å². The first kappa shape index (κ1) is 12.7. The maximum Gasteiger partial charge on any atom is 0.225 e. The van der Waals surface area contributed by atoms with Crippen molar-refractivity contribution >= 4 is 21.9 Å². The van der Waals surface area contributed by atoms with E-state index in [1.807, 2.05) is 0 Å². The van der Waals surface area contributed by atoms with Crippen molar-refractivity contribution in [1.29, 1.82) is 0 Å². The van der Waals surface area contributed by atoms with Crippen LogP contribution in [0, 0.1) is 0 Å². The summed E-state index contributed by atoms with van der Waals surface area (Å²) in [6.45, 7) is 3.13. The number of rotatable bonds is 4. The molecule has 17 heavy (non-hydrogen) atoms. The van der Waals surface area contributed by atoms with Crippen molar-refractivity contribution in [1.82, 2.24) is 9.97 Å². The zero-order valence-corrected chi connectivity index (χ0v) is 11.3. The van der Waals surface area contributed by atoms with Gasteiger partial charge in [0.25, 0.3) is 0 Å². The smallest absolute Gasteiger partial charge is 0.225 e. The van der Waals surface area contributed by atoms with Crippen LogP contribution in [0.4, 0.5) is 5.95 Å². The molecular weight excluding hydrogens is 284 g/mol. The van der Waals surface area contributed by atoms with E-state index >= 15 is 0 Å². The summed E-state index contributed by atoms with van der Waals surface area (Å²) in [5.74, 6) is 0.797. The van der Waals surface area contributed by atoms with E-state index in [9.17, 15) is 0 Å². The van der Waals surface area contributed by atoms with Crippen molar-refractivity contribution in [3.8, 4) is 0 Å². The van der Waals surface area contributed by atoms with Gasteiger partial charge in [0.15, 0.2) is 0 Å². The molecule has 6 heteroatoms. The van der Waals surface area contributed by atoms with Crippen molar-refractivity contribution in [2.24, 2.45) is 5.73 Å². The summed E-state index contributed by atoms with van der Waals surface area (Å²) in [5.41, 5.74) is 5.42. The monoisotopic (exact) mass is 300 g/mol. The predicted molar refractivity (Wildman–Crippen MR) is 70.0 cm³/mol. The number of halogens is 1. The van der Waals surface area contributed by atoms with E-state index in [0.29, 0.717) is 19.3 Å². The Kier molecular flexibility index (Phi) is 4.70. The molecule has 1 aromatic heterocycles. The Hall–Kier alpha value is -0.720. The van der Waals surface area contributed by atoms with E-state index in [4.69, 9.17) is 10.5 Å². The number of aromatic nitrogens is 2. The van der Waals surface area contributed by atoms with Crippen LogP contribution in [0.3, 0.4) is 0 Å². The quantitative estimate of drug-likeness (QED) is 0.905. The van der Waals surface area contributed by atoms with Crippen LogP contribution in [0.2, 0.25) is 0 Å². The number of hydrogen-bond donors (Lipinski definition) is 1. The molecule has 2 heterocycles. The molecule has 2 rings (SSSR count). The van der Waals surface area contributed by atoms with Crippen LogP contribution < -0.4 is 10.6 Å². The molecule has 0 amide bonds. The van der Waals surface area contributed by atoms with Gasteiger partial charge < -0.3 is 15.4 Å². The minimum Gasteiger partial charge on any atom is -0.377 e. The Morgan fingerprint density at radius 2 is 2.00 bits per heavy atom. The standard InChI is InChI=1S/C11H17BrN4O/c12-9-7-14-11(15-8-9)16-4-1-10(2-5-16)17-6-3-13/h7-8,10H,1-6,13H2. The highest BCUT2D eigenvalue weighted by molar-refractivity contribution is 9.10. The number of hydrogen-bond acceptors (Lipinski definition) is 5. The molecule has 0 atom stereocenters. The minimum atomic E-state index is 0.338. The summed E-state index contributed by atoms with van der Waals surface area (Å²) < 4.78 is 6.54. The Labute approximate surface area is 110 Å². The molecule has 0 spiro atoms. The van der Waals surface area contributed by atoms with Gasteiger partial charge in [-0.1, -0.05) is 0 Å². The lowest BCUT2D eigenvalue weighted by Crippen LogP contribution is -2.38. The van der Waals surface area contributed by atoms with E-state index in [0.717, 1.165) is 36.4 Å².